The zero-order chi connectivity index (χ0) is 20.1. The molecule has 1 aromatic carbocycles. The van der Waals surface area contributed by atoms with Gasteiger partial charge in [-0.2, -0.15) is 0 Å². The van der Waals surface area contributed by atoms with Gasteiger partial charge >= 0.3 is 0 Å². The summed E-state index contributed by atoms with van der Waals surface area (Å²) in [7, 11) is 1.61. The number of rotatable bonds is 5. The number of nitrogens with one attached hydrogen (secondary N) is 1. The zero-order valence-electron chi connectivity index (χ0n) is 16.3. The average molecular weight is 389 g/mol. The predicted octanol–water partition coefficient (Wildman–Crippen LogP) is 3.06. The zero-order valence-corrected chi connectivity index (χ0v) is 16.3. The summed E-state index contributed by atoms with van der Waals surface area (Å²) in [5.41, 5.74) is 2.11. The summed E-state index contributed by atoms with van der Waals surface area (Å²) in [4.78, 5) is 25.8. The highest BCUT2D eigenvalue weighted by atomic mass is 16.5. The van der Waals surface area contributed by atoms with E-state index in [0.717, 1.165) is 43.4 Å². The smallest absolute Gasteiger partial charge is 0.274 e. The maximum atomic E-state index is 12.4. The largest absolute Gasteiger partial charge is 0.497 e. The van der Waals surface area contributed by atoms with Crippen molar-refractivity contribution in [3.8, 4) is 5.75 Å². The Morgan fingerprint density at radius 2 is 1.69 bits per heavy atom. The predicted molar refractivity (Wildman–Crippen MR) is 114 cm³/mol. The Kier molecular flexibility index (Phi) is 5.56. The van der Waals surface area contributed by atoms with E-state index in [1.807, 2.05) is 30.5 Å². The molecule has 0 unspecified atom stereocenters. The second-order valence-corrected chi connectivity index (χ2v) is 6.75. The first-order chi connectivity index (χ1) is 14.2. The molecule has 1 amide bonds. The highest BCUT2D eigenvalue weighted by Crippen LogP contribution is 2.19. The molecule has 1 aliphatic rings. The lowest BCUT2D eigenvalue weighted by Crippen LogP contribution is -2.46. The molecule has 148 valence electrons. The Bertz CT molecular complexity index is 937. The number of hydrogen-bond acceptors (Lipinski definition) is 6. The molecule has 0 saturated carbocycles. The molecule has 0 atom stereocenters. The van der Waals surface area contributed by atoms with E-state index in [1.165, 1.54) is 0 Å². The third-order valence-corrected chi connectivity index (χ3v) is 4.95. The van der Waals surface area contributed by atoms with Gasteiger partial charge in [0.1, 0.15) is 17.3 Å². The Balaban J connectivity index is 1.34. The molecule has 1 aliphatic heterocycles. The fraction of sp³-hybridized carbons (Fsp3) is 0.227. The van der Waals surface area contributed by atoms with Crippen LogP contribution in [0.3, 0.4) is 0 Å². The van der Waals surface area contributed by atoms with E-state index in [1.54, 1.807) is 43.6 Å². The van der Waals surface area contributed by atoms with Crippen molar-refractivity contribution < 1.29 is 9.53 Å². The van der Waals surface area contributed by atoms with Gasteiger partial charge in [0.25, 0.3) is 5.91 Å². The standard InChI is InChI=1S/C22H23N5O2/c1-29-19-8-5-17(6-9-19)25-22(28)20-10-7-18(16-24-20)26-12-14-27(15-13-26)21-4-2-3-11-23-21/h2-11,16H,12-15H2,1H3,(H,25,28). The van der Waals surface area contributed by atoms with Crippen LogP contribution in [0, 0.1) is 0 Å². The first kappa shape index (κ1) is 18.7. The lowest BCUT2D eigenvalue weighted by Gasteiger charge is -2.36. The molecule has 1 saturated heterocycles. The summed E-state index contributed by atoms with van der Waals surface area (Å²) >= 11 is 0. The first-order valence-electron chi connectivity index (χ1n) is 9.55. The SMILES string of the molecule is COc1ccc(NC(=O)c2ccc(N3CCN(c4ccccn4)CC3)cn2)cc1. The Morgan fingerprint density at radius 3 is 2.31 bits per heavy atom. The van der Waals surface area contributed by atoms with E-state index >= 15 is 0 Å². The van der Waals surface area contributed by atoms with Gasteiger partial charge in [-0.1, -0.05) is 6.07 Å². The van der Waals surface area contributed by atoms with Crippen molar-refractivity contribution in [1.29, 1.82) is 0 Å². The van der Waals surface area contributed by atoms with Gasteiger partial charge in [-0.15, -0.1) is 0 Å². The topological polar surface area (TPSA) is 70.6 Å². The monoisotopic (exact) mass is 389 g/mol. The van der Waals surface area contributed by atoms with Crippen LogP contribution in [-0.2, 0) is 0 Å². The molecule has 0 spiro atoms. The van der Waals surface area contributed by atoms with Gasteiger partial charge in [-0.05, 0) is 48.5 Å². The lowest BCUT2D eigenvalue weighted by molar-refractivity contribution is 0.102. The Labute approximate surface area is 170 Å². The Morgan fingerprint density at radius 1 is 0.931 bits per heavy atom. The van der Waals surface area contributed by atoms with Crippen LogP contribution in [0.1, 0.15) is 10.5 Å². The minimum absolute atomic E-state index is 0.235. The van der Waals surface area contributed by atoms with E-state index < -0.39 is 0 Å². The fourth-order valence-corrected chi connectivity index (χ4v) is 3.31. The van der Waals surface area contributed by atoms with Crippen molar-refractivity contribution in [2.24, 2.45) is 0 Å². The van der Waals surface area contributed by atoms with Gasteiger partial charge in [0, 0.05) is 38.1 Å². The number of methoxy groups -OCH3 is 1. The summed E-state index contributed by atoms with van der Waals surface area (Å²) in [6.45, 7) is 3.57. The molecule has 2 aromatic heterocycles. The lowest BCUT2D eigenvalue weighted by atomic mass is 10.2. The van der Waals surface area contributed by atoms with Gasteiger partial charge in [-0.25, -0.2) is 9.97 Å². The van der Waals surface area contributed by atoms with Gasteiger partial charge in [0.15, 0.2) is 0 Å². The molecule has 0 aliphatic carbocycles. The van der Waals surface area contributed by atoms with Crippen LogP contribution in [0.4, 0.5) is 17.2 Å². The maximum Gasteiger partial charge on any atom is 0.274 e. The third kappa shape index (κ3) is 4.45. The van der Waals surface area contributed by atoms with Gasteiger partial charge < -0.3 is 19.9 Å². The number of aromatic nitrogens is 2. The normalized spacial score (nSPS) is 13.8. The number of piperazine rings is 1. The van der Waals surface area contributed by atoms with Crippen LogP contribution in [0.5, 0.6) is 5.75 Å². The molecule has 3 heterocycles. The summed E-state index contributed by atoms with van der Waals surface area (Å²) in [5, 5.41) is 2.85. The molecule has 7 nitrogen and oxygen atoms in total. The molecule has 1 N–H and O–H groups in total. The highest BCUT2D eigenvalue weighted by molar-refractivity contribution is 6.02. The summed E-state index contributed by atoms with van der Waals surface area (Å²) < 4.78 is 5.13. The van der Waals surface area contributed by atoms with Gasteiger partial charge in [-0.3, -0.25) is 4.79 Å². The number of carbonyl (C=O) groups excluding carboxylic acids is 1. The number of carbonyl (C=O) groups is 1. The van der Waals surface area contributed by atoms with Crippen LogP contribution >= 0.6 is 0 Å². The number of pyridine rings is 2. The molecule has 0 bridgehead atoms. The molecule has 4 rings (SSSR count). The van der Waals surface area contributed by atoms with E-state index in [2.05, 4.69) is 25.1 Å². The van der Waals surface area contributed by atoms with Crippen molar-refractivity contribution in [2.75, 3.05) is 48.4 Å². The second-order valence-electron chi connectivity index (χ2n) is 6.75. The van der Waals surface area contributed by atoms with Crippen molar-refractivity contribution in [2.45, 2.75) is 0 Å². The van der Waals surface area contributed by atoms with E-state index in [0.29, 0.717) is 11.4 Å². The van der Waals surface area contributed by atoms with Gasteiger partial charge in [0.2, 0.25) is 0 Å². The number of ether oxygens (including phenoxy) is 1. The minimum Gasteiger partial charge on any atom is -0.497 e. The Hall–Kier alpha value is -3.61. The average Bonchev–Trinajstić information content (AvgIpc) is 2.80. The fourth-order valence-electron chi connectivity index (χ4n) is 3.31. The van der Waals surface area contributed by atoms with Crippen LogP contribution in [0.25, 0.3) is 0 Å². The number of nitrogens with zero attached hydrogens (tertiary/aromatic N) is 4. The molecular weight excluding hydrogens is 366 g/mol. The number of benzene rings is 1. The van der Waals surface area contributed by atoms with E-state index in [9.17, 15) is 4.79 Å². The molecule has 29 heavy (non-hydrogen) atoms. The van der Waals surface area contributed by atoms with Crippen molar-refractivity contribution in [1.82, 2.24) is 9.97 Å². The highest BCUT2D eigenvalue weighted by Gasteiger charge is 2.19. The van der Waals surface area contributed by atoms with Crippen molar-refractivity contribution in [3.63, 3.8) is 0 Å². The molecule has 7 heteroatoms. The third-order valence-electron chi connectivity index (χ3n) is 4.95. The summed E-state index contributed by atoms with van der Waals surface area (Å²) in [6, 6.07) is 16.9. The van der Waals surface area contributed by atoms with Crippen LogP contribution < -0.4 is 19.9 Å². The van der Waals surface area contributed by atoms with Crippen molar-refractivity contribution in [3.05, 3.63) is 72.7 Å². The van der Waals surface area contributed by atoms with Crippen molar-refractivity contribution >= 4 is 23.1 Å². The molecular formula is C22H23N5O2. The minimum atomic E-state index is -0.235. The second kappa shape index (κ2) is 8.60. The first-order valence-corrected chi connectivity index (χ1v) is 9.55. The van der Waals surface area contributed by atoms with E-state index in [-0.39, 0.29) is 5.91 Å². The summed E-state index contributed by atoms with van der Waals surface area (Å²) in [5.74, 6) is 1.52. The summed E-state index contributed by atoms with van der Waals surface area (Å²) in [6.07, 6.45) is 3.58. The van der Waals surface area contributed by atoms with Crippen LogP contribution in [-0.4, -0.2) is 49.2 Å². The number of amides is 1. The maximum absolute atomic E-state index is 12.4. The van der Waals surface area contributed by atoms with E-state index in [4.69, 9.17) is 4.74 Å². The quantitative estimate of drug-likeness (QED) is 0.723. The molecule has 3 aromatic rings. The number of hydrogen-bond donors (Lipinski definition) is 1. The molecule has 0 radical (unpaired) electrons. The molecule has 1 fully saturated rings. The van der Waals surface area contributed by atoms with Crippen LogP contribution in [0.15, 0.2) is 67.0 Å². The number of anilines is 3. The van der Waals surface area contributed by atoms with Gasteiger partial charge in [0.05, 0.1) is 19.0 Å². The van der Waals surface area contributed by atoms with Crippen LogP contribution in [0.2, 0.25) is 0 Å².